The third-order valence-electron chi connectivity index (χ3n) is 3.33. The molecule has 2 heteroatoms. The normalized spacial score (nSPS) is 15.1. The van der Waals surface area contributed by atoms with Crippen LogP contribution in [0, 0.1) is 12.8 Å². The van der Waals surface area contributed by atoms with Crippen molar-refractivity contribution in [2.75, 3.05) is 0 Å². The predicted octanol–water partition coefficient (Wildman–Crippen LogP) is 3.06. The van der Waals surface area contributed by atoms with Crippen molar-refractivity contribution in [1.82, 2.24) is 4.98 Å². The number of pyridine rings is 1. The number of Topliss-reactive ketones (excluding diaryl/α,β-unsaturated/α-hetero) is 1. The molecule has 0 amide bonds. The lowest BCUT2D eigenvalue weighted by atomic mass is 10.0. The molecule has 0 radical (unpaired) electrons. The zero-order valence-corrected chi connectivity index (χ0v) is 9.94. The minimum absolute atomic E-state index is 0.335. The van der Waals surface area contributed by atoms with E-state index in [-0.39, 0.29) is 0 Å². The third-order valence-corrected chi connectivity index (χ3v) is 3.33. The zero-order chi connectivity index (χ0) is 11.8. The second kappa shape index (κ2) is 3.95. The number of nitrogens with zero attached hydrogens (tertiary/aromatic N) is 1. The van der Waals surface area contributed by atoms with Gasteiger partial charge in [-0.15, -0.1) is 0 Å². The van der Waals surface area contributed by atoms with E-state index in [0.717, 1.165) is 35.0 Å². The van der Waals surface area contributed by atoms with E-state index < -0.39 is 0 Å². The minimum atomic E-state index is 0.335. The average molecular weight is 225 g/mol. The molecule has 1 heterocycles. The highest BCUT2D eigenvalue weighted by molar-refractivity contribution is 5.91. The fourth-order valence-electron chi connectivity index (χ4n) is 2.28. The van der Waals surface area contributed by atoms with Gasteiger partial charge in [0.15, 0.2) is 0 Å². The van der Waals surface area contributed by atoms with E-state index in [9.17, 15) is 4.79 Å². The number of para-hydroxylation sites is 1. The Kier molecular flexibility index (Phi) is 2.43. The van der Waals surface area contributed by atoms with Crippen molar-refractivity contribution in [3.8, 4) is 0 Å². The van der Waals surface area contributed by atoms with E-state index >= 15 is 0 Å². The van der Waals surface area contributed by atoms with Gasteiger partial charge in [-0.25, -0.2) is 0 Å². The molecule has 1 saturated carbocycles. The zero-order valence-electron chi connectivity index (χ0n) is 9.94. The van der Waals surface area contributed by atoms with Gasteiger partial charge < -0.3 is 0 Å². The summed E-state index contributed by atoms with van der Waals surface area (Å²) in [6.07, 6.45) is 2.73. The minimum Gasteiger partial charge on any atom is -0.299 e. The highest BCUT2D eigenvalue weighted by Gasteiger charge is 2.29. The van der Waals surface area contributed by atoms with Crippen LogP contribution >= 0.6 is 0 Å². The van der Waals surface area contributed by atoms with Gasteiger partial charge in [-0.05, 0) is 37.5 Å². The molecule has 0 N–H and O–H groups in total. The summed E-state index contributed by atoms with van der Waals surface area (Å²) in [4.78, 5) is 16.4. The van der Waals surface area contributed by atoms with Crippen LogP contribution in [0.3, 0.4) is 0 Å². The largest absolute Gasteiger partial charge is 0.299 e. The summed E-state index contributed by atoms with van der Waals surface area (Å²) in [7, 11) is 0. The van der Waals surface area contributed by atoms with Crippen molar-refractivity contribution >= 4 is 16.7 Å². The molecule has 0 saturated heterocycles. The maximum Gasteiger partial charge on any atom is 0.140 e. The van der Waals surface area contributed by atoms with Crippen molar-refractivity contribution < 1.29 is 4.79 Å². The summed E-state index contributed by atoms with van der Waals surface area (Å²) < 4.78 is 0. The number of carbonyl (C=O) groups is 1. The molecular formula is C15H15NO. The summed E-state index contributed by atoms with van der Waals surface area (Å²) in [6, 6.07) is 10.1. The molecule has 0 spiro atoms. The molecule has 17 heavy (non-hydrogen) atoms. The predicted molar refractivity (Wildman–Crippen MR) is 67.9 cm³/mol. The fraction of sp³-hybridized carbons (Fsp3) is 0.333. The Morgan fingerprint density at radius 1 is 1.35 bits per heavy atom. The van der Waals surface area contributed by atoms with Gasteiger partial charge in [0.05, 0.1) is 5.52 Å². The second-order valence-corrected chi connectivity index (χ2v) is 4.86. The quantitative estimate of drug-likeness (QED) is 0.803. The highest BCUT2D eigenvalue weighted by atomic mass is 16.1. The standard InChI is InChI=1S/C15H15NO/c1-10-8-12(9-15(17)11-6-7-11)13-4-2-3-5-14(13)16-10/h2-5,8,11H,6-7,9H2,1H3. The van der Waals surface area contributed by atoms with Crippen molar-refractivity contribution in [1.29, 1.82) is 0 Å². The monoisotopic (exact) mass is 225 g/mol. The molecule has 2 aromatic rings. The maximum absolute atomic E-state index is 11.9. The topological polar surface area (TPSA) is 30.0 Å². The van der Waals surface area contributed by atoms with Crippen molar-refractivity contribution in [2.45, 2.75) is 26.2 Å². The van der Waals surface area contributed by atoms with Crippen molar-refractivity contribution in [2.24, 2.45) is 5.92 Å². The summed E-state index contributed by atoms with van der Waals surface area (Å²) in [6.45, 7) is 1.98. The van der Waals surface area contributed by atoms with Crippen LogP contribution in [0.25, 0.3) is 10.9 Å². The Morgan fingerprint density at radius 2 is 2.12 bits per heavy atom. The van der Waals surface area contributed by atoms with Gasteiger partial charge in [0, 0.05) is 23.4 Å². The first-order valence-electron chi connectivity index (χ1n) is 6.12. The van der Waals surface area contributed by atoms with Crippen LogP contribution in [0.2, 0.25) is 0 Å². The first-order valence-corrected chi connectivity index (χ1v) is 6.12. The number of benzene rings is 1. The third kappa shape index (κ3) is 2.07. The van der Waals surface area contributed by atoms with Gasteiger partial charge in [-0.3, -0.25) is 9.78 Å². The Labute approximate surface area is 101 Å². The molecule has 1 fully saturated rings. The van der Waals surface area contributed by atoms with Gasteiger partial charge >= 0.3 is 0 Å². The van der Waals surface area contributed by atoms with Crippen LogP contribution in [0.15, 0.2) is 30.3 Å². The van der Waals surface area contributed by atoms with E-state index in [0.29, 0.717) is 18.1 Å². The Balaban J connectivity index is 2.04. The van der Waals surface area contributed by atoms with Gasteiger partial charge in [0.2, 0.25) is 0 Å². The van der Waals surface area contributed by atoms with Crippen LogP contribution in [-0.2, 0) is 11.2 Å². The lowest BCUT2D eigenvalue weighted by Gasteiger charge is -2.06. The molecule has 2 nitrogen and oxygen atoms in total. The molecule has 0 bridgehead atoms. The molecule has 1 aromatic heterocycles. The molecule has 0 aliphatic heterocycles. The molecule has 86 valence electrons. The summed E-state index contributed by atoms with van der Waals surface area (Å²) in [5.74, 6) is 0.725. The molecule has 3 rings (SSSR count). The van der Waals surface area contributed by atoms with Crippen LogP contribution < -0.4 is 0 Å². The number of rotatable bonds is 3. The smallest absolute Gasteiger partial charge is 0.140 e. The number of aryl methyl sites for hydroxylation is 1. The number of carbonyl (C=O) groups excluding carboxylic acids is 1. The Morgan fingerprint density at radius 3 is 2.88 bits per heavy atom. The Bertz CT molecular complexity index is 584. The van der Waals surface area contributed by atoms with Crippen molar-refractivity contribution in [3.63, 3.8) is 0 Å². The average Bonchev–Trinajstić information content (AvgIpc) is 3.12. The summed E-state index contributed by atoms with van der Waals surface area (Å²) in [5.41, 5.74) is 3.11. The lowest BCUT2D eigenvalue weighted by molar-refractivity contribution is -0.119. The molecular weight excluding hydrogens is 210 g/mol. The number of fused-ring (bicyclic) bond motifs is 1. The van der Waals surface area contributed by atoms with E-state index in [2.05, 4.69) is 11.1 Å². The van der Waals surface area contributed by atoms with Crippen LogP contribution in [0.1, 0.15) is 24.1 Å². The second-order valence-electron chi connectivity index (χ2n) is 4.86. The molecule has 0 atom stereocenters. The SMILES string of the molecule is Cc1cc(CC(=O)C2CC2)c2ccccc2n1. The summed E-state index contributed by atoms with van der Waals surface area (Å²) >= 11 is 0. The maximum atomic E-state index is 11.9. The van der Waals surface area contributed by atoms with Crippen LogP contribution in [0.4, 0.5) is 0 Å². The number of hydrogen-bond acceptors (Lipinski definition) is 2. The van der Waals surface area contributed by atoms with E-state index in [1.54, 1.807) is 0 Å². The lowest BCUT2D eigenvalue weighted by Crippen LogP contribution is -2.06. The Hall–Kier alpha value is -1.70. The van der Waals surface area contributed by atoms with Crippen LogP contribution in [0.5, 0.6) is 0 Å². The van der Waals surface area contributed by atoms with E-state index in [1.807, 2.05) is 31.2 Å². The number of aromatic nitrogens is 1. The molecule has 1 aliphatic carbocycles. The molecule has 1 aliphatic rings. The van der Waals surface area contributed by atoms with Gasteiger partial charge in [0.1, 0.15) is 5.78 Å². The van der Waals surface area contributed by atoms with Gasteiger partial charge in [-0.2, -0.15) is 0 Å². The van der Waals surface area contributed by atoms with Gasteiger partial charge in [-0.1, -0.05) is 18.2 Å². The fourth-order valence-corrected chi connectivity index (χ4v) is 2.28. The van der Waals surface area contributed by atoms with E-state index in [1.165, 1.54) is 0 Å². The number of ketones is 1. The first kappa shape index (κ1) is 10.5. The van der Waals surface area contributed by atoms with Crippen LogP contribution in [-0.4, -0.2) is 10.8 Å². The first-order chi connectivity index (χ1) is 8.24. The summed E-state index contributed by atoms with van der Waals surface area (Å²) in [5, 5.41) is 1.12. The van der Waals surface area contributed by atoms with Gasteiger partial charge in [0.25, 0.3) is 0 Å². The number of hydrogen-bond donors (Lipinski definition) is 0. The molecule has 1 aromatic carbocycles. The molecule has 0 unspecified atom stereocenters. The van der Waals surface area contributed by atoms with Crippen molar-refractivity contribution in [3.05, 3.63) is 41.6 Å². The highest BCUT2D eigenvalue weighted by Crippen LogP contribution is 2.31. The van der Waals surface area contributed by atoms with E-state index in [4.69, 9.17) is 0 Å².